The Morgan fingerprint density at radius 2 is 2.04 bits per heavy atom. The number of benzene rings is 1. The van der Waals surface area contributed by atoms with Gasteiger partial charge in [0.15, 0.2) is 0 Å². The fourth-order valence-electron chi connectivity index (χ4n) is 3.22. The topological polar surface area (TPSA) is 37.3 Å². The number of likely N-dealkylation sites (tertiary alicyclic amines) is 1. The second kappa shape index (κ2) is 7.32. The highest BCUT2D eigenvalue weighted by atomic mass is 79.9. The Kier molecular flexibility index (Phi) is 5.18. The molecule has 0 radical (unpaired) electrons. The van der Waals surface area contributed by atoms with Crippen molar-refractivity contribution in [3.63, 3.8) is 0 Å². The van der Waals surface area contributed by atoms with E-state index in [4.69, 9.17) is 0 Å². The van der Waals surface area contributed by atoms with Crippen molar-refractivity contribution in [2.45, 2.75) is 18.9 Å². The first kappa shape index (κ1) is 16.3. The molecule has 3 rings (SSSR count). The van der Waals surface area contributed by atoms with Crippen LogP contribution in [0, 0.1) is 0 Å². The van der Waals surface area contributed by atoms with Crippen molar-refractivity contribution in [2.24, 2.45) is 7.05 Å². The predicted molar refractivity (Wildman–Crippen MR) is 95.4 cm³/mol. The normalized spacial score (nSPS) is 16.4. The minimum atomic E-state index is -0.0234. The van der Waals surface area contributed by atoms with Crippen LogP contribution in [0.25, 0.3) is 0 Å². The van der Waals surface area contributed by atoms with Crippen LogP contribution in [-0.4, -0.2) is 35.0 Å². The molecule has 1 N–H and O–H groups in total. The lowest BCUT2D eigenvalue weighted by atomic mass is 10.1. The molecule has 2 aromatic rings. The van der Waals surface area contributed by atoms with E-state index >= 15 is 0 Å². The maximum Gasteiger partial charge on any atom is 0.251 e. The highest BCUT2D eigenvalue weighted by molar-refractivity contribution is 9.10. The summed E-state index contributed by atoms with van der Waals surface area (Å²) in [6, 6.07) is 11.9. The number of carbonyl (C=O) groups is 1. The first-order chi connectivity index (χ1) is 11.1. The van der Waals surface area contributed by atoms with E-state index in [0.29, 0.717) is 12.1 Å². The smallest absolute Gasteiger partial charge is 0.251 e. The number of hydrogen-bond donors (Lipinski definition) is 1. The maximum absolute atomic E-state index is 12.4. The summed E-state index contributed by atoms with van der Waals surface area (Å²) in [6.07, 6.45) is 4.54. The van der Waals surface area contributed by atoms with Gasteiger partial charge in [-0.15, -0.1) is 0 Å². The number of rotatable bonds is 5. The van der Waals surface area contributed by atoms with Gasteiger partial charge in [-0.25, -0.2) is 0 Å². The molecule has 0 bridgehead atoms. The molecule has 0 aliphatic carbocycles. The molecule has 1 aromatic carbocycles. The fourth-order valence-corrected chi connectivity index (χ4v) is 3.61. The fraction of sp³-hybridized carbons (Fsp3) is 0.389. The van der Waals surface area contributed by atoms with Crippen LogP contribution in [0.3, 0.4) is 0 Å². The Morgan fingerprint density at radius 1 is 1.26 bits per heavy atom. The molecule has 1 unspecified atom stereocenters. The molecule has 5 heteroatoms. The third-order valence-corrected chi connectivity index (χ3v) is 4.94. The summed E-state index contributed by atoms with van der Waals surface area (Å²) in [6.45, 7) is 2.83. The van der Waals surface area contributed by atoms with E-state index in [0.717, 1.165) is 17.6 Å². The highest BCUT2D eigenvalue weighted by Gasteiger charge is 2.25. The third kappa shape index (κ3) is 3.85. The van der Waals surface area contributed by atoms with Gasteiger partial charge < -0.3 is 9.88 Å². The molecule has 1 saturated heterocycles. The number of nitrogens with zero attached hydrogens (tertiary/aromatic N) is 2. The summed E-state index contributed by atoms with van der Waals surface area (Å²) in [5, 5.41) is 3.10. The van der Waals surface area contributed by atoms with Gasteiger partial charge in [0.2, 0.25) is 0 Å². The molecule has 1 fully saturated rings. The van der Waals surface area contributed by atoms with Crippen molar-refractivity contribution in [1.29, 1.82) is 0 Å². The molecule has 2 heterocycles. The first-order valence-corrected chi connectivity index (χ1v) is 8.83. The van der Waals surface area contributed by atoms with Crippen LogP contribution >= 0.6 is 15.9 Å². The van der Waals surface area contributed by atoms with Gasteiger partial charge in [-0.05, 0) is 56.3 Å². The quantitative estimate of drug-likeness (QED) is 0.869. The standard InChI is InChI=1S/C18H22BrN3O/c1-21-9-5-8-16(21)17(22-10-2-3-11-22)13-20-18(23)14-6-4-7-15(19)12-14/h4-9,12,17H,2-3,10-11,13H2,1H3,(H,20,23). The zero-order valence-corrected chi connectivity index (χ0v) is 14.9. The molecular formula is C18H22BrN3O. The molecule has 1 atom stereocenters. The van der Waals surface area contributed by atoms with E-state index in [1.807, 2.05) is 24.3 Å². The molecule has 23 heavy (non-hydrogen) atoms. The van der Waals surface area contributed by atoms with Gasteiger partial charge in [-0.1, -0.05) is 22.0 Å². The number of hydrogen-bond acceptors (Lipinski definition) is 2. The van der Waals surface area contributed by atoms with Crippen molar-refractivity contribution < 1.29 is 4.79 Å². The van der Waals surface area contributed by atoms with Crippen molar-refractivity contribution in [2.75, 3.05) is 19.6 Å². The Morgan fingerprint density at radius 3 is 2.70 bits per heavy atom. The lowest BCUT2D eigenvalue weighted by Crippen LogP contribution is -2.37. The van der Waals surface area contributed by atoms with Crippen LogP contribution in [-0.2, 0) is 7.05 Å². The minimum Gasteiger partial charge on any atom is -0.353 e. The van der Waals surface area contributed by atoms with Crippen LogP contribution in [0.1, 0.15) is 34.9 Å². The van der Waals surface area contributed by atoms with Crippen molar-refractivity contribution in [3.05, 3.63) is 58.3 Å². The summed E-state index contributed by atoms with van der Waals surface area (Å²) in [4.78, 5) is 14.9. The van der Waals surface area contributed by atoms with E-state index in [2.05, 4.69) is 56.1 Å². The summed E-state index contributed by atoms with van der Waals surface area (Å²) in [7, 11) is 2.06. The molecule has 122 valence electrons. The Hall–Kier alpha value is -1.59. The molecule has 4 nitrogen and oxygen atoms in total. The molecule has 0 saturated carbocycles. The number of carbonyl (C=O) groups excluding carboxylic acids is 1. The van der Waals surface area contributed by atoms with Crippen molar-refractivity contribution in [1.82, 2.24) is 14.8 Å². The van der Waals surface area contributed by atoms with Crippen LogP contribution in [0.2, 0.25) is 0 Å². The molecule has 0 spiro atoms. The Labute approximate surface area is 145 Å². The average molecular weight is 376 g/mol. The van der Waals surface area contributed by atoms with E-state index < -0.39 is 0 Å². The lowest BCUT2D eigenvalue weighted by Gasteiger charge is -2.28. The lowest BCUT2D eigenvalue weighted by molar-refractivity contribution is 0.0936. The second-order valence-corrected chi connectivity index (χ2v) is 6.94. The van der Waals surface area contributed by atoms with Gasteiger partial charge in [0, 0.05) is 35.5 Å². The van der Waals surface area contributed by atoms with Gasteiger partial charge in [-0.3, -0.25) is 9.69 Å². The molecular weight excluding hydrogens is 354 g/mol. The van der Waals surface area contributed by atoms with E-state index in [9.17, 15) is 4.79 Å². The van der Waals surface area contributed by atoms with E-state index in [-0.39, 0.29) is 11.9 Å². The predicted octanol–water partition coefficient (Wildman–Crippen LogP) is 3.35. The molecule has 1 aliphatic rings. The van der Waals surface area contributed by atoms with Crippen LogP contribution < -0.4 is 5.32 Å². The number of nitrogens with one attached hydrogen (secondary N) is 1. The Bertz CT molecular complexity index is 676. The van der Waals surface area contributed by atoms with Gasteiger partial charge in [0.05, 0.1) is 6.04 Å². The van der Waals surface area contributed by atoms with Gasteiger partial charge in [-0.2, -0.15) is 0 Å². The average Bonchev–Trinajstić information content (AvgIpc) is 3.20. The zero-order chi connectivity index (χ0) is 16.2. The van der Waals surface area contributed by atoms with Crippen LogP contribution in [0.5, 0.6) is 0 Å². The van der Waals surface area contributed by atoms with E-state index in [1.165, 1.54) is 18.5 Å². The van der Waals surface area contributed by atoms with Crippen LogP contribution in [0.4, 0.5) is 0 Å². The summed E-state index contributed by atoms with van der Waals surface area (Å²) < 4.78 is 3.07. The minimum absolute atomic E-state index is 0.0234. The molecule has 1 aliphatic heterocycles. The van der Waals surface area contributed by atoms with Gasteiger partial charge in [0.25, 0.3) is 5.91 Å². The second-order valence-electron chi connectivity index (χ2n) is 6.02. The van der Waals surface area contributed by atoms with E-state index in [1.54, 1.807) is 0 Å². The maximum atomic E-state index is 12.4. The van der Waals surface area contributed by atoms with Crippen LogP contribution in [0.15, 0.2) is 47.1 Å². The van der Waals surface area contributed by atoms with Gasteiger partial charge >= 0.3 is 0 Å². The highest BCUT2D eigenvalue weighted by Crippen LogP contribution is 2.24. The Balaban J connectivity index is 1.71. The largest absolute Gasteiger partial charge is 0.353 e. The zero-order valence-electron chi connectivity index (χ0n) is 13.3. The number of aromatic nitrogens is 1. The third-order valence-electron chi connectivity index (χ3n) is 4.45. The van der Waals surface area contributed by atoms with Crippen molar-refractivity contribution in [3.8, 4) is 0 Å². The number of aryl methyl sites for hydroxylation is 1. The first-order valence-electron chi connectivity index (χ1n) is 8.04. The summed E-state index contributed by atoms with van der Waals surface area (Å²) in [5.41, 5.74) is 1.94. The monoisotopic (exact) mass is 375 g/mol. The summed E-state index contributed by atoms with van der Waals surface area (Å²) >= 11 is 3.41. The number of amides is 1. The van der Waals surface area contributed by atoms with Gasteiger partial charge in [0.1, 0.15) is 0 Å². The molecule has 1 aromatic heterocycles. The van der Waals surface area contributed by atoms with Crippen molar-refractivity contribution >= 4 is 21.8 Å². The molecule has 1 amide bonds. The SMILES string of the molecule is Cn1cccc1C(CNC(=O)c1cccc(Br)c1)N1CCCC1. The summed E-state index contributed by atoms with van der Waals surface area (Å²) in [5.74, 6) is -0.0234. The number of halogens is 1.